The van der Waals surface area contributed by atoms with Gasteiger partial charge in [-0.2, -0.15) is 5.26 Å². The highest BCUT2D eigenvalue weighted by Gasteiger charge is 2.23. The van der Waals surface area contributed by atoms with E-state index in [1.807, 2.05) is 6.26 Å². The van der Waals surface area contributed by atoms with E-state index in [0.717, 1.165) is 15.9 Å². The minimum atomic E-state index is -0.465. The van der Waals surface area contributed by atoms with Crippen molar-refractivity contribution in [3.8, 4) is 6.07 Å². The molecule has 1 unspecified atom stereocenters. The Hall–Kier alpha value is -0.640. The quantitative estimate of drug-likeness (QED) is 0.818. The highest BCUT2D eigenvalue weighted by atomic mass is 32.2. The van der Waals surface area contributed by atoms with E-state index in [1.54, 1.807) is 18.9 Å². The van der Waals surface area contributed by atoms with Crippen LogP contribution in [0.5, 0.6) is 0 Å². The number of nitriles is 1. The lowest BCUT2D eigenvalue weighted by atomic mass is 10.2. The van der Waals surface area contributed by atoms with Gasteiger partial charge in [0.2, 0.25) is 0 Å². The molecule has 1 N–H and O–H groups in total. The zero-order chi connectivity index (χ0) is 11.3. The Bertz CT molecular complexity index is 333. The first kappa shape index (κ1) is 12.4. The molecule has 0 saturated carbocycles. The first-order valence-corrected chi connectivity index (χ1v) is 6.66. The summed E-state index contributed by atoms with van der Waals surface area (Å²) in [6.45, 7) is 2.05. The SMILES string of the molecule is CCSC1=NC(OC)C(C#N)=C(SC)N1. The molecule has 0 radical (unpaired) electrons. The molecule has 4 nitrogen and oxygen atoms in total. The third kappa shape index (κ3) is 2.91. The summed E-state index contributed by atoms with van der Waals surface area (Å²) in [5.41, 5.74) is 0.547. The van der Waals surface area contributed by atoms with Crippen molar-refractivity contribution >= 4 is 28.7 Å². The van der Waals surface area contributed by atoms with Crippen LogP contribution >= 0.6 is 23.5 Å². The molecule has 0 bridgehead atoms. The summed E-state index contributed by atoms with van der Waals surface area (Å²) >= 11 is 3.10. The van der Waals surface area contributed by atoms with E-state index in [-0.39, 0.29) is 0 Å². The van der Waals surface area contributed by atoms with E-state index in [4.69, 9.17) is 10.00 Å². The number of nitrogens with one attached hydrogen (secondary N) is 1. The highest BCUT2D eigenvalue weighted by molar-refractivity contribution is 8.14. The van der Waals surface area contributed by atoms with Crippen LogP contribution in [-0.4, -0.2) is 30.5 Å². The average molecular weight is 243 g/mol. The number of ether oxygens (including phenoxy) is 1. The Labute approximate surface area is 98.2 Å². The van der Waals surface area contributed by atoms with Gasteiger partial charge in [0.05, 0.1) is 5.03 Å². The largest absolute Gasteiger partial charge is 0.355 e. The fourth-order valence-electron chi connectivity index (χ4n) is 1.13. The predicted octanol–water partition coefficient (Wildman–Crippen LogP) is 1.77. The molecule has 0 aromatic rings. The number of thioether (sulfide) groups is 2. The number of hydrogen-bond acceptors (Lipinski definition) is 6. The summed E-state index contributed by atoms with van der Waals surface area (Å²) in [6.07, 6.45) is 1.46. The van der Waals surface area contributed by atoms with Crippen LogP contribution in [0.25, 0.3) is 0 Å². The van der Waals surface area contributed by atoms with Crippen molar-refractivity contribution in [2.45, 2.75) is 13.2 Å². The van der Waals surface area contributed by atoms with E-state index in [1.165, 1.54) is 11.8 Å². The Morgan fingerprint density at radius 2 is 2.40 bits per heavy atom. The summed E-state index contributed by atoms with van der Waals surface area (Å²) in [4.78, 5) is 4.29. The van der Waals surface area contributed by atoms with Crippen molar-refractivity contribution in [1.82, 2.24) is 5.32 Å². The number of rotatable bonds is 3. The maximum absolute atomic E-state index is 8.99. The second-order valence-electron chi connectivity index (χ2n) is 2.64. The number of hydrogen-bond donors (Lipinski definition) is 1. The zero-order valence-electron chi connectivity index (χ0n) is 8.90. The van der Waals surface area contributed by atoms with Crippen LogP contribution in [0.4, 0.5) is 0 Å². The molecule has 1 aliphatic heterocycles. The fourth-order valence-corrected chi connectivity index (χ4v) is 2.38. The first-order chi connectivity index (χ1) is 7.26. The number of amidine groups is 1. The molecule has 0 saturated heterocycles. The molecule has 15 heavy (non-hydrogen) atoms. The van der Waals surface area contributed by atoms with E-state index < -0.39 is 6.23 Å². The van der Waals surface area contributed by atoms with Crippen LogP contribution in [0.1, 0.15) is 6.92 Å². The molecule has 1 rings (SSSR count). The number of aliphatic imine (C=N–C) groups is 1. The van der Waals surface area contributed by atoms with Gasteiger partial charge < -0.3 is 10.1 Å². The minimum Gasteiger partial charge on any atom is -0.355 e. The van der Waals surface area contributed by atoms with Crippen molar-refractivity contribution in [3.63, 3.8) is 0 Å². The van der Waals surface area contributed by atoms with Gasteiger partial charge in [-0.05, 0) is 12.0 Å². The Balaban J connectivity index is 2.92. The van der Waals surface area contributed by atoms with Gasteiger partial charge >= 0.3 is 0 Å². The summed E-state index contributed by atoms with van der Waals surface area (Å²) in [7, 11) is 1.56. The van der Waals surface area contributed by atoms with Crippen LogP contribution < -0.4 is 5.32 Å². The minimum absolute atomic E-state index is 0.465. The van der Waals surface area contributed by atoms with Gasteiger partial charge in [0.15, 0.2) is 11.4 Å². The Kier molecular flexibility index (Phi) is 5.02. The van der Waals surface area contributed by atoms with Crippen molar-refractivity contribution in [3.05, 3.63) is 10.6 Å². The van der Waals surface area contributed by atoms with Crippen molar-refractivity contribution in [2.24, 2.45) is 4.99 Å². The Morgan fingerprint density at radius 1 is 1.67 bits per heavy atom. The van der Waals surface area contributed by atoms with E-state index in [9.17, 15) is 0 Å². The molecule has 0 aliphatic carbocycles. The number of nitrogens with zero attached hydrogens (tertiary/aromatic N) is 2. The fraction of sp³-hybridized carbons (Fsp3) is 0.556. The standard InChI is InChI=1S/C9H13N3OS2/c1-4-15-9-11-7(13-2)6(5-10)8(12-9)14-3/h7H,4H2,1-3H3,(H,11,12). The van der Waals surface area contributed by atoms with Crippen LogP contribution in [-0.2, 0) is 4.74 Å². The molecule has 82 valence electrons. The van der Waals surface area contributed by atoms with Crippen LogP contribution in [0.2, 0.25) is 0 Å². The molecule has 1 aliphatic rings. The highest BCUT2D eigenvalue weighted by Crippen LogP contribution is 2.24. The first-order valence-electron chi connectivity index (χ1n) is 4.45. The van der Waals surface area contributed by atoms with E-state index >= 15 is 0 Å². The number of methoxy groups -OCH3 is 1. The molecule has 0 spiro atoms. The molecule has 1 atom stereocenters. The molecule has 6 heteroatoms. The van der Waals surface area contributed by atoms with Gasteiger partial charge in [-0.1, -0.05) is 18.7 Å². The van der Waals surface area contributed by atoms with Gasteiger partial charge in [0.1, 0.15) is 11.6 Å². The molecule has 0 aromatic heterocycles. The second kappa shape index (κ2) is 6.05. The van der Waals surface area contributed by atoms with E-state index in [2.05, 4.69) is 23.3 Å². The van der Waals surface area contributed by atoms with Gasteiger partial charge in [-0.3, -0.25) is 0 Å². The van der Waals surface area contributed by atoms with E-state index in [0.29, 0.717) is 5.57 Å². The maximum atomic E-state index is 8.99. The Morgan fingerprint density at radius 3 is 2.87 bits per heavy atom. The molecular weight excluding hydrogens is 230 g/mol. The van der Waals surface area contributed by atoms with Gasteiger partial charge in [0.25, 0.3) is 0 Å². The lowest BCUT2D eigenvalue weighted by Gasteiger charge is -2.22. The summed E-state index contributed by atoms with van der Waals surface area (Å²) < 4.78 is 5.17. The molecule has 1 heterocycles. The van der Waals surface area contributed by atoms with Crippen molar-refractivity contribution in [1.29, 1.82) is 5.26 Å². The lowest BCUT2D eigenvalue weighted by Crippen LogP contribution is -2.30. The monoisotopic (exact) mass is 243 g/mol. The van der Waals surface area contributed by atoms with Gasteiger partial charge in [0, 0.05) is 7.11 Å². The summed E-state index contributed by atoms with van der Waals surface area (Å²) in [5, 5.41) is 13.8. The van der Waals surface area contributed by atoms with Crippen LogP contribution in [0, 0.1) is 11.3 Å². The molecule has 0 fully saturated rings. The average Bonchev–Trinajstić information content (AvgIpc) is 2.28. The molecule has 0 aromatic carbocycles. The summed E-state index contributed by atoms with van der Waals surface area (Å²) in [5.74, 6) is 0.936. The maximum Gasteiger partial charge on any atom is 0.188 e. The van der Waals surface area contributed by atoms with Gasteiger partial charge in [-0.15, -0.1) is 11.8 Å². The zero-order valence-corrected chi connectivity index (χ0v) is 10.5. The van der Waals surface area contributed by atoms with Gasteiger partial charge in [-0.25, -0.2) is 4.99 Å². The molecular formula is C9H13N3OS2. The normalized spacial score (nSPS) is 20.7. The summed E-state index contributed by atoms with van der Waals surface area (Å²) in [6, 6.07) is 2.12. The third-order valence-electron chi connectivity index (χ3n) is 1.78. The lowest BCUT2D eigenvalue weighted by molar-refractivity contribution is 0.141. The third-order valence-corrected chi connectivity index (χ3v) is 3.28. The van der Waals surface area contributed by atoms with Crippen LogP contribution in [0.3, 0.4) is 0 Å². The smallest absolute Gasteiger partial charge is 0.188 e. The predicted molar refractivity (Wildman–Crippen MR) is 65.7 cm³/mol. The van der Waals surface area contributed by atoms with Crippen LogP contribution in [0.15, 0.2) is 15.6 Å². The second-order valence-corrected chi connectivity index (χ2v) is 4.71. The van der Waals surface area contributed by atoms with Crippen molar-refractivity contribution in [2.75, 3.05) is 19.1 Å². The van der Waals surface area contributed by atoms with Crippen molar-refractivity contribution < 1.29 is 4.74 Å². The molecule has 0 amide bonds. The topological polar surface area (TPSA) is 57.4 Å².